The van der Waals surface area contributed by atoms with Crippen molar-refractivity contribution in [3.05, 3.63) is 18.3 Å². The predicted octanol–water partition coefficient (Wildman–Crippen LogP) is 0.0561. The van der Waals surface area contributed by atoms with Crippen LogP contribution in [0.25, 0.3) is 0 Å². The van der Waals surface area contributed by atoms with Gasteiger partial charge in [0.25, 0.3) is 0 Å². The minimum Gasteiger partial charge on any atom is -0.391 e. The lowest BCUT2D eigenvalue weighted by Crippen LogP contribution is -2.24. The molecule has 2 heterocycles. The fourth-order valence-corrected chi connectivity index (χ4v) is 2.68. The maximum atomic E-state index is 11.6. The molecule has 0 aromatic carbocycles. The average molecular weight is 242 g/mol. The van der Waals surface area contributed by atoms with Gasteiger partial charge in [0, 0.05) is 25.5 Å². The highest BCUT2D eigenvalue weighted by Crippen LogP contribution is 2.25. The summed E-state index contributed by atoms with van der Waals surface area (Å²) in [5.74, 6) is 0.446. The number of hydrogen-bond acceptors (Lipinski definition) is 5. The Morgan fingerprint density at radius 3 is 2.88 bits per heavy atom. The molecule has 0 bridgehead atoms. The van der Waals surface area contributed by atoms with Gasteiger partial charge in [-0.1, -0.05) is 0 Å². The third-order valence-corrected chi connectivity index (χ3v) is 3.73. The maximum Gasteiger partial charge on any atom is 0.179 e. The molecule has 1 saturated heterocycles. The Morgan fingerprint density at radius 2 is 2.31 bits per heavy atom. The van der Waals surface area contributed by atoms with Crippen LogP contribution < -0.4 is 4.90 Å². The number of rotatable bonds is 2. The Hall–Kier alpha value is -1.14. The average Bonchev–Trinajstić information content (AvgIpc) is 2.64. The lowest BCUT2D eigenvalue weighted by molar-refractivity contribution is 0.198. The number of pyridine rings is 1. The fourth-order valence-electron chi connectivity index (χ4n) is 1.84. The van der Waals surface area contributed by atoms with Crippen LogP contribution in [0.4, 0.5) is 5.82 Å². The first kappa shape index (κ1) is 11.3. The van der Waals surface area contributed by atoms with Gasteiger partial charge < -0.3 is 10.0 Å². The van der Waals surface area contributed by atoms with E-state index in [1.807, 2.05) is 0 Å². The van der Waals surface area contributed by atoms with E-state index in [4.69, 9.17) is 0 Å². The Balaban J connectivity index is 2.41. The zero-order valence-electron chi connectivity index (χ0n) is 9.00. The monoisotopic (exact) mass is 242 g/mol. The molecule has 16 heavy (non-hydrogen) atoms. The predicted molar refractivity (Wildman–Crippen MR) is 60.2 cm³/mol. The molecule has 1 aliphatic heterocycles. The van der Waals surface area contributed by atoms with Gasteiger partial charge in [0.2, 0.25) is 0 Å². The van der Waals surface area contributed by atoms with Gasteiger partial charge in [0.05, 0.1) is 6.10 Å². The lowest BCUT2D eigenvalue weighted by Gasteiger charge is -2.18. The number of anilines is 1. The van der Waals surface area contributed by atoms with E-state index in [1.54, 1.807) is 23.2 Å². The molecule has 0 radical (unpaired) electrons. The zero-order chi connectivity index (χ0) is 11.8. The van der Waals surface area contributed by atoms with Crippen molar-refractivity contribution < 1.29 is 13.5 Å². The van der Waals surface area contributed by atoms with Crippen molar-refractivity contribution in [1.82, 2.24) is 4.98 Å². The quantitative estimate of drug-likeness (QED) is 0.794. The summed E-state index contributed by atoms with van der Waals surface area (Å²) in [7, 11) is -3.27. The van der Waals surface area contributed by atoms with Crippen molar-refractivity contribution in [2.45, 2.75) is 17.4 Å². The van der Waals surface area contributed by atoms with Crippen LogP contribution in [-0.2, 0) is 9.84 Å². The highest BCUT2D eigenvalue weighted by Gasteiger charge is 2.25. The lowest BCUT2D eigenvalue weighted by atomic mass is 10.3. The van der Waals surface area contributed by atoms with E-state index in [0.717, 1.165) is 0 Å². The summed E-state index contributed by atoms with van der Waals surface area (Å²) in [5.41, 5.74) is 0. The van der Waals surface area contributed by atoms with E-state index in [1.165, 1.54) is 6.26 Å². The Morgan fingerprint density at radius 1 is 1.56 bits per heavy atom. The second-order valence-electron chi connectivity index (χ2n) is 3.99. The van der Waals surface area contributed by atoms with Crippen molar-refractivity contribution >= 4 is 15.7 Å². The van der Waals surface area contributed by atoms with Gasteiger partial charge in [-0.2, -0.15) is 0 Å². The highest BCUT2D eigenvalue weighted by atomic mass is 32.2. The molecule has 0 aliphatic carbocycles. The number of sulfone groups is 1. The molecule has 1 aliphatic rings. The normalized spacial score (nSPS) is 21.4. The summed E-state index contributed by atoms with van der Waals surface area (Å²) in [6.45, 7) is 1.08. The minimum atomic E-state index is -3.27. The molecular formula is C10H14N2O3S. The third-order valence-electron chi connectivity index (χ3n) is 2.61. The van der Waals surface area contributed by atoms with Gasteiger partial charge >= 0.3 is 0 Å². The first-order valence-corrected chi connectivity index (χ1v) is 6.96. The van der Waals surface area contributed by atoms with Crippen LogP contribution in [0, 0.1) is 0 Å². The van der Waals surface area contributed by atoms with E-state index in [-0.39, 0.29) is 4.90 Å². The van der Waals surface area contributed by atoms with E-state index < -0.39 is 15.9 Å². The molecule has 0 unspecified atom stereocenters. The molecule has 1 aromatic heterocycles. The Bertz CT molecular complexity index is 487. The van der Waals surface area contributed by atoms with Crippen LogP contribution in [0.1, 0.15) is 6.42 Å². The molecule has 0 spiro atoms. The molecule has 0 amide bonds. The summed E-state index contributed by atoms with van der Waals surface area (Å²) in [6.07, 6.45) is 2.99. The van der Waals surface area contributed by atoms with Gasteiger partial charge in [0.15, 0.2) is 9.84 Å². The second-order valence-corrected chi connectivity index (χ2v) is 5.97. The van der Waals surface area contributed by atoms with Gasteiger partial charge in [-0.3, -0.25) is 0 Å². The van der Waals surface area contributed by atoms with Crippen molar-refractivity contribution in [2.24, 2.45) is 0 Å². The fraction of sp³-hybridized carbons (Fsp3) is 0.500. The van der Waals surface area contributed by atoms with E-state index in [0.29, 0.717) is 25.3 Å². The molecule has 2 rings (SSSR count). The molecule has 1 atom stereocenters. The molecule has 1 fully saturated rings. The number of β-amino-alcohol motifs (C(OH)–C–C–N with tert-alkyl or cyclic N) is 1. The highest BCUT2D eigenvalue weighted by molar-refractivity contribution is 7.90. The molecule has 88 valence electrons. The van der Waals surface area contributed by atoms with Gasteiger partial charge in [0.1, 0.15) is 10.7 Å². The van der Waals surface area contributed by atoms with Crippen LogP contribution in [0.5, 0.6) is 0 Å². The van der Waals surface area contributed by atoms with E-state index in [9.17, 15) is 13.5 Å². The molecule has 1 N–H and O–H groups in total. The smallest absolute Gasteiger partial charge is 0.179 e. The maximum absolute atomic E-state index is 11.6. The molecular weight excluding hydrogens is 228 g/mol. The Labute approximate surface area is 94.6 Å². The van der Waals surface area contributed by atoms with E-state index in [2.05, 4.69) is 4.98 Å². The van der Waals surface area contributed by atoms with Gasteiger partial charge in [-0.05, 0) is 18.6 Å². The molecule has 5 nitrogen and oxygen atoms in total. The van der Waals surface area contributed by atoms with Crippen LogP contribution in [-0.4, -0.2) is 44.0 Å². The Kier molecular flexibility index (Phi) is 2.86. The summed E-state index contributed by atoms with van der Waals surface area (Å²) < 4.78 is 23.1. The summed E-state index contributed by atoms with van der Waals surface area (Å²) >= 11 is 0. The number of hydrogen-bond donors (Lipinski definition) is 1. The topological polar surface area (TPSA) is 70.5 Å². The number of nitrogens with zero attached hydrogens (tertiary/aromatic N) is 2. The number of aliphatic hydroxyl groups excluding tert-OH is 1. The second kappa shape index (κ2) is 4.03. The van der Waals surface area contributed by atoms with Crippen LogP contribution in [0.3, 0.4) is 0 Å². The van der Waals surface area contributed by atoms with Crippen LogP contribution in [0.2, 0.25) is 0 Å². The SMILES string of the molecule is CS(=O)(=O)c1cccnc1N1CC[C@H](O)C1. The van der Waals surface area contributed by atoms with Crippen molar-refractivity contribution in [3.8, 4) is 0 Å². The standard InChI is InChI=1S/C10H14N2O3S/c1-16(14,15)9-3-2-5-11-10(9)12-6-4-8(13)7-12/h2-3,5,8,13H,4,6-7H2,1H3/t8-/m0/s1. The number of aliphatic hydroxyl groups is 1. The van der Waals surface area contributed by atoms with Crippen LogP contribution >= 0.6 is 0 Å². The number of aromatic nitrogens is 1. The summed E-state index contributed by atoms with van der Waals surface area (Å²) in [4.78, 5) is 6.13. The van der Waals surface area contributed by atoms with Gasteiger partial charge in [-0.15, -0.1) is 0 Å². The van der Waals surface area contributed by atoms with E-state index >= 15 is 0 Å². The summed E-state index contributed by atoms with van der Waals surface area (Å²) in [6, 6.07) is 3.15. The molecule has 1 aromatic rings. The minimum absolute atomic E-state index is 0.226. The van der Waals surface area contributed by atoms with Crippen molar-refractivity contribution in [1.29, 1.82) is 0 Å². The molecule has 0 saturated carbocycles. The largest absolute Gasteiger partial charge is 0.391 e. The zero-order valence-corrected chi connectivity index (χ0v) is 9.81. The van der Waals surface area contributed by atoms with Crippen LogP contribution in [0.15, 0.2) is 23.2 Å². The van der Waals surface area contributed by atoms with Gasteiger partial charge in [-0.25, -0.2) is 13.4 Å². The first-order chi connectivity index (χ1) is 7.48. The van der Waals surface area contributed by atoms with Crippen molar-refractivity contribution in [2.75, 3.05) is 24.2 Å². The third kappa shape index (κ3) is 2.17. The first-order valence-electron chi connectivity index (χ1n) is 5.06. The molecule has 6 heteroatoms. The van der Waals surface area contributed by atoms with Crippen molar-refractivity contribution in [3.63, 3.8) is 0 Å². The summed E-state index contributed by atoms with van der Waals surface area (Å²) in [5, 5.41) is 9.44.